The van der Waals surface area contributed by atoms with E-state index < -0.39 is 0 Å². The van der Waals surface area contributed by atoms with Crippen molar-refractivity contribution in [1.82, 2.24) is 9.80 Å². The first-order valence-corrected chi connectivity index (χ1v) is 13.6. The summed E-state index contributed by atoms with van der Waals surface area (Å²) in [6.07, 6.45) is 0. The predicted molar refractivity (Wildman–Crippen MR) is 158 cm³/mol. The standard InChI is InChI=1S/C29H29BrClN5O2/c1-34-12-14-36(15-13-34)18-26(37)35(2)25-11-9-21(17-23(25)30)32-28(19-6-4-3-5-7-19)27-22-10-8-20(31)16-24(22)33-29(27)38/h3-11,16-17,32H,12-15,18H2,1-2H3,(H,33,38). The van der Waals surface area contributed by atoms with Gasteiger partial charge in [-0.3, -0.25) is 14.5 Å². The summed E-state index contributed by atoms with van der Waals surface area (Å²) in [6.45, 7) is 4.10. The first kappa shape index (κ1) is 26.4. The van der Waals surface area contributed by atoms with Crippen LogP contribution in [-0.2, 0) is 9.59 Å². The van der Waals surface area contributed by atoms with Gasteiger partial charge in [-0.1, -0.05) is 48.0 Å². The Bertz CT molecular complexity index is 1400. The maximum absolute atomic E-state index is 13.1. The minimum atomic E-state index is -0.196. The van der Waals surface area contributed by atoms with Crippen molar-refractivity contribution in [2.24, 2.45) is 0 Å². The zero-order chi connectivity index (χ0) is 26.8. The molecule has 0 aromatic heterocycles. The molecule has 1 saturated heterocycles. The van der Waals surface area contributed by atoms with Crippen molar-refractivity contribution >= 4 is 67.7 Å². The van der Waals surface area contributed by atoms with Gasteiger partial charge in [-0.2, -0.15) is 0 Å². The molecule has 0 unspecified atom stereocenters. The fraction of sp³-hybridized carbons (Fsp3) is 0.241. The molecule has 196 valence electrons. The highest BCUT2D eigenvalue weighted by molar-refractivity contribution is 9.10. The maximum Gasteiger partial charge on any atom is 0.258 e. The molecule has 3 aromatic carbocycles. The number of hydrogen-bond acceptors (Lipinski definition) is 5. The van der Waals surface area contributed by atoms with Crippen molar-refractivity contribution in [2.75, 3.05) is 62.4 Å². The number of piperazine rings is 1. The second kappa shape index (κ2) is 11.3. The van der Waals surface area contributed by atoms with Crippen molar-refractivity contribution in [3.8, 4) is 0 Å². The van der Waals surface area contributed by atoms with E-state index >= 15 is 0 Å². The Kier molecular flexibility index (Phi) is 7.85. The molecule has 3 aromatic rings. The molecule has 2 N–H and O–H groups in total. The number of carbonyl (C=O) groups excluding carboxylic acids is 2. The Balaban J connectivity index is 1.42. The molecule has 9 heteroatoms. The van der Waals surface area contributed by atoms with Crippen LogP contribution in [0.5, 0.6) is 0 Å². The van der Waals surface area contributed by atoms with Gasteiger partial charge in [0.15, 0.2) is 0 Å². The SMILES string of the molecule is CN1CCN(CC(=O)N(C)c2ccc(NC(=C3C(=O)Nc4cc(Cl)ccc43)c3ccccc3)cc2Br)CC1. The zero-order valence-electron chi connectivity index (χ0n) is 21.3. The van der Waals surface area contributed by atoms with E-state index in [1.54, 1.807) is 24.1 Å². The summed E-state index contributed by atoms with van der Waals surface area (Å²) in [5.74, 6) is -0.153. The first-order valence-electron chi connectivity index (χ1n) is 12.4. The number of fused-ring (bicyclic) bond motifs is 1. The van der Waals surface area contributed by atoms with Crippen LogP contribution < -0.4 is 15.5 Å². The number of hydrogen-bond donors (Lipinski definition) is 2. The molecule has 0 aliphatic carbocycles. The number of anilines is 3. The van der Waals surface area contributed by atoms with E-state index in [0.717, 1.165) is 53.2 Å². The van der Waals surface area contributed by atoms with Crippen LogP contribution in [0.15, 0.2) is 71.2 Å². The number of benzene rings is 3. The highest BCUT2D eigenvalue weighted by atomic mass is 79.9. The molecule has 5 rings (SSSR count). The largest absolute Gasteiger partial charge is 0.354 e. The van der Waals surface area contributed by atoms with Gasteiger partial charge >= 0.3 is 0 Å². The van der Waals surface area contributed by atoms with E-state index in [-0.39, 0.29) is 11.8 Å². The van der Waals surface area contributed by atoms with Crippen LogP contribution in [-0.4, -0.2) is 68.4 Å². The van der Waals surface area contributed by atoms with E-state index in [1.165, 1.54) is 0 Å². The summed E-state index contributed by atoms with van der Waals surface area (Å²) < 4.78 is 0.775. The number of amides is 2. The zero-order valence-corrected chi connectivity index (χ0v) is 23.6. The highest BCUT2D eigenvalue weighted by Gasteiger charge is 2.29. The molecule has 2 heterocycles. The summed E-state index contributed by atoms with van der Waals surface area (Å²) in [7, 11) is 3.90. The molecule has 0 saturated carbocycles. The molecule has 0 radical (unpaired) electrons. The van der Waals surface area contributed by atoms with Crippen molar-refractivity contribution in [1.29, 1.82) is 0 Å². The van der Waals surface area contributed by atoms with E-state index in [0.29, 0.717) is 28.5 Å². The lowest BCUT2D eigenvalue weighted by Gasteiger charge is -2.33. The van der Waals surface area contributed by atoms with E-state index in [4.69, 9.17) is 11.6 Å². The molecule has 2 aliphatic rings. The molecule has 0 bridgehead atoms. The van der Waals surface area contributed by atoms with Crippen LogP contribution in [0.2, 0.25) is 5.02 Å². The quantitative estimate of drug-likeness (QED) is 0.382. The van der Waals surface area contributed by atoms with Gasteiger partial charge in [0.05, 0.1) is 29.2 Å². The lowest BCUT2D eigenvalue weighted by Crippen LogP contribution is -2.48. The van der Waals surface area contributed by atoms with Gasteiger partial charge in [0, 0.05) is 54.0 Å². The average molecular weight is 595 g/mol. The van der Waals surface area contributed by atoms with Crippen LogP contribution in [0.25, 0.3) is 11.3 Å². The van der Waals surface area contributed by atoms with Gasteiger partial charge < -0.3 is 20.4 Å². The van der Waals surface area contributed by atoms with Gasteiger partial charge in [-0.15, -0.1) is 0 Å². The lowest BCUT2D eigenvalue weighted by molar-refractivity contribution is -0.119. The van der Waals surface area contributed by atoms with Gasteiger partial charge in [0.1, 0.15) is 0 Å². The van der Waals surface area contributed by atoms with Crippen molar-refractivity contribution in [3.63, 3.8) is 0 Å². The van der Waals surface area contributed by atoms with E-state index in [9.17, 15) is 9.59 Å². The molecule has 0 spiro atoms. The van der Waals surface area contributed by atoms with Crippen LogP contribution >= 0.6 is 27.5 Å². The molecule has 1 fully saturated rings. The summed E-state index contributed by atoms with van der Waals surface area (Å²) in [4.78, 5) is 32.3. The molecule has 38 heavy (non-hydrogen) atoms. The van der Waals surface area contributed by atoms with Crippen molar-refractivity contribution < 1.29 is 9.59 Å². The van der Waals surface area contributed by atoms with Gasteiger partial charge in [0.2, 0.25) is 5.91 Å². The van der Waals surface area contributed by atoms with Gasteiger partial charge in [0.25, 0.3) is 5.91 Å². The fourth-order valence-corrected chi connectivity index (χ4v) is 5.53. The topological polar surface area (TPSA) is 67.9 Å². The third kappa shape index (κ3) is 5.63. The Morgan fingerprint density at radius 2 is 1.79 bits per heavy atom. The Morgan fingerprint density at radius 1 is 1.05 bits per heavy atom. The normalized spacial score (nSPS) is 17.1. The summed E-state index contributed by atoms with van der Waals surface area (Å²) >= 11 is 9.83. The number of halogens is 2. The molecule has 7 nitrogen and oxygen atoms in total. The minimum absolute atomic E-state index is 0.0425. The summed E-state index contributed by atoms with van der Waals surface area (Å²) in [5, 5.41) is 6.96. The average Bonchev–Trinajstić information content (AvgIpc) is 3.23. The monoisotopic (exact) mass is 593 g/mol. The third-order valence-corrected chi connectivity index (χ3v) is 7.82. The molecule has 2 amide bonds. The van der Waals surface area contributed by atoms with Gasteiger partial charge in [-0.25, -0.2) is 0 Å². The van der Waals surface area contributed by atoms with Crippen LogP contribution in [0.3, 0.4) is 0 Å². The first-order chi connectivity index (χ1) is 18.3. The van der Waals surface area contributed by atoms with Crippen LogP contribution in [0, 0.1) is 0 Å². The van der Waals surface area contributed by atoms with E-state index in [2.05, 4.69) is 43.4 Å². The number of nitrogens with one attached hydrogen (secondary N) is 2. The second-order valence-corrected chi connectivity index (χ2v) is 10.9. The van der Waals surface area contributed by atoms with Crippen LogP contribution in [0.4, 0.5) is 17.1 Å². The number of nitrogens with zero attached hydrogens (tertiary/aromatic N) is 3. The maximum atomic E-state index is 13.1. The second-order valence-electron chi connectivity index (χ2n) is 9.58. The summed E-state index contributed by atoms with van der Waals surface area (Å²) in [5.41, 5.74) is 5.13. The smallest absolute Gasteiger partial charge is 0.258 e. The van der Waals surface area contributed by atoms with Crippen LogP contribution in [0.1, 0.15) is 11.1 Å². The number of likely N-dealkylation sites (N-methyl/N-ethyl adjacent to an activating group) is 2. The molecule has 0 atom stereocenters. The van der Waals surface area contributed by atoms with E-state index in [1.807, 2.05) is 54.6 Å². The fourth-order valence-electron chi connectivity index (χ4n) is 4.72. The summed E-state index contributed by atoms with van der Waals surface area (Å²) in [6, 6.07) is 20.9. The Labute approximate surface area is 236 Å². The number of carbonyl (C=O) groups is 2. The lowest BCUT2D eigenvalue weighted by atomic mass is 10.00. The third-order valence-electron chi connectivity index (χ3n) is 6.95. The molecule has 2 aliphatic heterocycles. The molecular weight excluding hydrogens is 566 g/mol. The Hall–Kier alpha value is -3.17. The highest BCUT2D eigenvalue weighted by Crippen LogP contribution is 2.39. The predicted octanol–water partition coefficient (Wildman–Crippen LogP) is 5.25. The van der Waals surface area contributed by atoms with Crippen molar-refractivity contribution in [3.05, 3.63) is 87.4 Å². The molecular formula is C29H29BrClN5O2. The van der Waals surface area contributed by atoms with Crippen molar-refractivity contribution in [2.45, 2.75) is 0 Å². The minimum Gasteiger partial charge on any atom is -0.354 e. The number of rotatable bonds is 6. The van der Waals surface area contributed by atoms with Gasteiger partial charge in [-0.05, 0) is 58.9 Å². The Morgan fingerprint density at radius 3 is 2.50 bits per heavy atom.